The first kappa shape index (κ1) is 20.6. The molecule has 0 saturated carbocycles. The van der Waals surface area contributed by atoms with E-state index in [1.807, 2.05) is 0 Å². The van der Waals surface area contributed by atoms with E-state index in [1.165, 1.54) is 18.1 Å². The molecule has 0 aromatic carbocycles. The Morgan fingerprint density at radius 3 is 2.79 bits per heavy atom. The summed E-state index contributed by atoms with van der Waals surface area (Å²) < 4.78 is 4.85. The molecule has 0 aliphatic carbocycles. The van der Waals surface area contributed by atoms with E-state index in [9.17, 15) is 14.4 Å². The number of Topliss-reactive ketones (excluding diaryl/α,β-unsaturated/α-hetero) is 1. The summed E-state index contributed by atoms with van der Waals surface area (Å²) in [6, 6.07) is 0. The molecule has 12 heteroatoms. The summed E-state index contributed by atoms with van der Waals surface area (Å²) in [7, 11) is 0. The summed E-state index contributed by atoms with van der Waals surface area (Å²) in [5, 5.41) is 0.386. The third-order valence-electron chi connectivity index (χ3n) is 4.06. The van der Waals surface area contributed by atoms with Gasteiger partial charge in [0, 0.05) is 18.6 Å². The van der Waals surface area contributed by atoms with Crippen molar-refractivity contribution in [3.63, 3.8) is 0 Å². The van der Waals surface area contributed by atoms with Gasteiger partial charge in [0.15, 0.2) is 22.4 Å². The number of thioether (sulfide) groups is 1. The van der Waals surface area contributed by atoms with Gasteiger partial charge in [-0.15, -0.1) is 0 Å². The number of ketones is 1. The fourth-order valence-electron chi connectivity index (χ4n) is 2.72. The molecule has 0 radical (unpaired) electrons. The van der Waals surface area contributed by atoms with E-state index >= 15 is 0 Å². The number of nitrogen functional groups attached to an aromatic ring is 1. The van der Waals surface area contributed by atoms with Gasteiger partial charge in [0.25, 0.3) is 0 Å². The second-order valence-electron chi connectivity index (χ2n) is 6.15. The minimum Gasteiger partial charge on any atom is -0.466 e. The van der Waals surface area contributed by atoms with E-state index in [0.717, 1.165) is 0 Å². The second-order valence-corrected chi connectivity index (χ2v) is 7.09. The van der Waals surface area contributed by atoms with Crippen LogP contribution in [0, 0.1) is 0 Å². The highest BCUT2D eigenvalue weighted by Gasteiger charge is 2.17. The zero-order valence-electron chi connectivity index (χ0n) is 15.8. The number of nitrogens with one attached hydrogen (secondary N) is 3. The molecule has 3 aromatic rings. The minimum atomic E-state index is -0.460. The number of anilines is 1. The van der Waals surface area contributed by atoms with Crippen LogP contribution in [0.1, 0.15) is 48.8 Å². The Morgan fingerprint density at radius 1 is 1.21 bits per heavy atom. The van der Waals surface area contributed by atoms with Crippen LogP contribution in [0.2, 0.25) is 0 Å². The van der Waals surface area contributed by atoms with Crippen LogP contribution >= 0.6 is 11.8 Å². The molecular weight excluding hydrogens is 398 g/mol. The van der Waals surface area contributed by atoms with Crippen molar-refractivity contribution in [3.8, 4) is 0 Å². The average molecular weight is 419 g/mol. The average Bonchev–Trinajstić information content (AvgIpc) is 3.30. The maximum Gasteiger partial charge on any atom is 0.323 e. The van der Waals surface area contributed by atoms with Gasteiger partial charge in [0.05, 0.1) is 18.6 Å². The van der Waals surface area contributed by atoms with Crippen molar-refractivity contribution < 1.29 is 14.3 Å². The lowest BCUT2D eigenvalue weighted by atomic mass is 10.1. The molecule has 3 rings (SSSR count). The fourth-order valence-corrected chi connectivity index (χ4v) is 3.52. The lowest BCUT2D eigenvalue weighted by Gasteiger charge is -2.04. The molecular formula is C17H21N7O4S. The summed E-state index contributed by atoms with van der Waals surface area (Å²) in [6.07, 6.45) is 3.02. The van der Waals surface area contributed by atoms with Crippen molar-refractivity contribution in [3.05, 3.63) is 28.2 Å². The highest BCUT2D eigenvalue weighted by Crippen LogP contribution is 2.23. The first-order valence-corrected chi connectivity index (χ1v) is 10.1. The van der Waals surface area contributed by atoms with Gasteiger partial charge in [-0.05, 0) is 19.8 Å². The molecule has 0 unspecified atom stereocenters. The summed E-state index contributed by atoms with van der Waals surface area (Å²) >= 11 is 1.23. The van der Waals surface area contributed by atoms with E-state index in [4.69, 9.17) is 10.5 Å². The zero-order valence-corrected chi connectivity index (χ0v) is 16.6. The van der Waals surface area contributed by atoms with Gasteiger partial charge >= 0.3 is 11.7 Å². The lowest BCUT2D eigenvalue weighted by molar-refractivity contribution is -0.143. The highest BCUT2D eigenvalue weighted by molar-refractivity contribution is 7.98. The number of ether oxygens (including phenoxy) is 1. The highest BCUT2D eigenvalue weighted by atomic mass is 32.2. The van der Waals surface area contributed by atoms with Gasteiger partial charge < -0.3 is 25.4 Å². The second kappa shape index (κ2) is 9.37. The van der Waals surface area contributed by atoms with Crippen molar-refractivity contribution in [1.82, 2.24) is 29.9 Å². The number of aromatic amines is 3. The number of unbranched alkanes of at least 4 members (excludes halogenated alkanes) is 1. The number of esters is 1. The molecule has 0 aliphatic heterocycles. The standard InChI is InChI=1S/C17H21N7O4S/c1-2-28-11(26)6-4-3-5-10(25)12-9(21-16(27)22-12)7-29-17-23-14(18)13-15(24-17)20-8-19-13/h8H,2-7H2,1H3,(H2,21,22,27)(H3,18,19,20,23,24). The van der Waals surface area contributed by atoms with Gasteiger partial charge in [-0.25, -0.2) is 19.7 Å². The van der Waals surface area contributed by atoms with Crippen LogP contribution in [0.15, 0.2) is 16.3 Å². The van der Waals surface area contributed by atoms with Crippen molar-refractivity contribution in [2.24, 2.45) is 0 Å². The number of rotatable bonds is 10. The number of carbonyl (C=O) groups is 2. The number of nitrogens with zero attached hydrogens (tertiary/aromatic N) is 3. The molecule has 3 aromatic heterocycles. The van der Waals surface area contributed by atoms with Gasteiger partial charge in [-0.3, -0.25) is 9.59 Å². The number of fused-ring (bicyclic) bond motifs is 1. The van der Waals surface area contributed by atoms with E-state index in [-0.39, 0.29) is 41.9 Å². The molecule has 0 amide bonds. The largest absolute Gasteiger partial charge is 0.466 e. The summed E-state index contributed by atoms with van der Waals surface area (Å²) in [4.78, 5) is 56.1. The fraction of sp³-hybridized carbons (Fsp3) is 0.412. The molecule has 5 N–H and O–H groups in total. The Labute approximate surface area is 169 Å². The number of imidazole rings is 2. The molecule has 0 spiro atoms. The van der Waals surface area contributed by atoms with Crippen molar-refractivity contribution >= 4 is 40.5 Å². The maximum atomic E-state index is 12.5. The molecule has 3 heterocycles. The topological polar surface area (TPSA) is 172 Å². The Balaban J connectivity index is 1.60. The van der Waals surface area contributed by atoms with Crippen LogP contribution in [0.5, 0.6) is 0 Å². The number of aromatic nitrogens is 6. The van der Waals surface area contributed by atoms with E-state index in [1.54, 1.807) is 6.92 Å². The molecule has 0 bridgehead atoms. The molecule has 154 valence electrons. The Bertz CT molecular complexity index is 1070. The van der Waals surface area contributed by atoms with Crippen LogP contribution in [-0.2, 0) is 15.3 Å². The van der Waals surface area contributed by atoms with Crippen molar-refractivity contribution in [2.75, 3.05) is 12.3 Å². The third kappa shape index (κ3) is 5.22. The summed E-state index contributed by atoms with van der Waals surface area (Å²) in [6.45, 7) is 2.08. The molecule has 0 atom stereocenters. The van der Waals surface area contributed by atoms with Gasteiger partial charge in [0.2, 0.25) is 0 Å². The summed E-state index contributed by atoms with van der Waals surface area (Å²) in [5.41, 5.74) is 7.11. The Hall–Kier alpha value is -3.15. The number of H-pyrrole nitrogens is 3. The monoisotopic (exact) mass is 419 g/mol. The molecule has 0 aliphatic rings. The first-order chi connectivity index (χ1) is 14.0. The maximum absolute atomic E-state index is 12.5. The van der Waals surface area contributed by atoms with Gasteiger partial charge in [-0.1, -0.05) is 11.8 Å². The van der Waals surface area contributed by atoms with Crippen molar-refractivity contribution in [2.45, 2.75) is 43.5 Å². The van der Waals surface area contributed by atoms with Crippen LogP contribution in [-0.4, -0.2) is 48.3 Å². The third-order valence-corrected chi connectivity index (χ3v) is 4.94. The van der Waals surface area contributed by atoms with Gasteiger partial charge in [0.1, 0.15) is 11.2 Å². The van der Waals surface area contributed by atoms with Gasteiger partial charge in [-0.2, -0.15) is 0 Å². The number of hydrogen-bond acceptors (Lipinski definition) is 9. The molecule has 0 fully saturated rings. The quantitative estimate of drug-likeness (QED) is 0.125. The zero-order chi connectivity index (χ0) is 20.8. The molecule has 29 heavy (non-hydrogen) atoms. The lowest BCUT2D eigenvalue weighted by Crippen LogP contribution is -2.07. The van der Waals surface area contributed by atoms with E-state index in [0.29, 0.717) is 41.5 Å². The van der Waals surface area contributed by atoms with Crippen LogP contribution in [0.3, 0.4) is 0 Å². The minimum absolute atomic E-state index is 0.203. The first-order valence-electron chi connectivity index (χ1n) is 9.07. The number of carbonyl (C=O) groups excluding carboxylic acids is 2. The van der Waals surface area contributed by atoms with Crippen LogP contribution in [0.25, 0.3) is 11.2 Å². The predicted octanol–water partition coefficient (Wildman–Crippen LogP) is 1.55. The van der Waals surface area contributed by atoms with E-state index < -0.39 is 5.69 Å². The van der Waals surface area contributed by atoms with Crippen molar-refractivity contribution in [1.29, 1.82) is 0 Å². The number of nitrogens with two attached hydrogens (primary N) is 1. The Morgan fingerprint density at radius 2 is 2.00 bits per heavy atom. The molecule has 11 nitrogen and oxygen atoms in total. The predicted molar refractivity (Wildman–Crippen MR) is 107 cm³/mol. The van der Waals surface area contributed by atoms with Crippen LogP contribution < -0.4 is 11.4 Å². The smallest absolute Gasteiger partial charge is 0.323 e. The molecule has 0 saturated heterocycles. The van der Waals surface area contributed by atoms with E-state index in [2.05, 4.69) is 29.9 Å². The van der Waals surface area contributed by atoms with Crippen LogP contribution in [0.4, 0.5) is 5.82 Å². The number of hydrogen-bond donors (Lipinski definition) is 4. The normalized spacial score (nSPS) is 11.1. The summed E-state index contributed by atoms with van der Waals surface area (Å²) in [5.74, 6) is 0.0690. The SMILES string of the molecule is CCOC(=O)CCCCC(=O)c1[nH]c(=O)[nH]c1CSc1nc(N)c2[nH]cnc2n1. The Kier molecular flexibility index (Phi) is 6.65.